The van der Waals surface area contributed by atoms with Crippen molar-refractivity contribution in [1.82, 2.24) is 0 Å². The van der Waals surface area contributed by atoms with Gasteiger partial charge in [0.25, 0.3) is 0 Å². The highest BCUT2D eigenvalue weighted by Crippen LogP contribution is 2.18. The maximum absolute atomic E-state index is 11.1. The van der Waals surface area contributed by atoms with Crippen molar-refractivity contribution in [2.24, 2.45) is 0 Å². The van der Waals surface area contributed by atoms with Gasteiger partial charge in [0.2, 0.25) is 0 Å². The van der Waals surface area contributed by atoms with Gasteiger partial charge in [-0.05, 0) is 57.1 Å². The van der Waals surface area contributed by atoms with Gasteiger partial charge in [0, 0.05) is 0 Å². The Morgan fingerprint density at radius 2 is 1.48 bits per heavy atom. The van der Waals surface area contributed by atoms with Crippen molar-refractivity contribution < 1.29 is 19.7 Å². The molecule has 1 rings (SSSR count). The summed E-state index contributed by atoms with van der Waals surface area (Å²) in [5.41, 5.74) is 0.107. The summed E-state index contributed by atoms with van der Waals surface area (Å²) in [5, 5.41) is 19.1. The Bertz CT molecular complexity index is 716. The number of unbranched alkanes of at least 4 members (excludes halogenated alkanes) is 3. The minimum Gasteiger partial charge on any atom is -0.490 e. The van der Waals surface area contributed by atoms with Crippen LogP contribution >= 0.6 is 0 Å². The molecular weight excluding hydrogens is 388 g/mol. The van der Waals surface area contributed by atoms with Gasteiger partial charge in [-0.3, -0.25) is 0 Å². The first kappa shape index (κ1) is 26.4. The number of para-hydroxylation sites is 1. The molecule has 0 heterocycles. The molecule has 0 aliphatic heterocycles. The van der Waals surface area contributed by atoms with E-state index in [0.717, 1.165) is 25.7 Å². The molecule has 2 N–H and O–H groups in total. The van der Waals surface area contributed by atoms with E-state index in [1.807, 2.05) is 0 Å². The van der Waals surface area contributed by atoms with Crippen LogP contribution in [0.15, 0.2) is 72.9 Å². The second kappa shape index (κ2) is 18.2. The average molecular weight is 427 g/mol. The maximum Gasteiger partial charge on any atom is 0.339 e. The van der Waals surface area contributed by atoms with Crippen molar-refractivity contribution in [3.8, 4) is 5.75 Å². The molecular formula is C27H38O4. The zero-order valence-electron chi connectivity index (χ0n) is 18.8. The van der Waals surface area contributed by atoms with Crippen LogP contribution in [0.4, 0.5) is 0 Å². The molecule has 1 aromatic rings. The van der Waals surface area contributed by atoms with Gasteiger partial charge >= 0.3 is 5.97 Å². The number of aliphatic hydroxyl groups excluding tert-OH is 1. The van der Waals surface area contributed by atoms with E-state index in [1.54, 1.807) is 18.2 Å². The van der Waals surface area contributed by atoms with Crippen LogP contribution in [-0.2, 0) is 0 Å². The van der Waals surface area contributed by atoms with Gasteiger partial charge in [-0.15, -0.1) is 0 Å². The van der Waals surface area contributed by atoms with Crippen LogP contribution in [0, 0.1) is 0 Å². The Balaban J connectivity index is 2.08. The Kier molecular flexibility index (Phi) is 15.5. The van der Waals surface area contributed by atoms with E-state index in [9.17, 15) is 9.90 Å². The SMILES string of the molecule is CCCCC/C=C\C/C=C\C/C=C\C/C=C\CCC(O)COc1ccccc1C(=O)O. The van der Waals surface area contributed by atoms with Gasteiger partial charge in [0.15, 0.2) is 0 Å². The standard InChI is InChI=1S/C27H38O4/c1-2-3-4-5-6-7-8-9-10-11-12-13-14-15-16-17-20-24(28)23-31-26-22-19-18-21-25(26)27(29)30/h6-7,9-10,12-13,15-16,18-19,21-22,24,28H,2-5,8,11,14,17,20,23H2,1H3,(H,29,30)/b7-6-,10-9-,13-12-,16-15-. The molecule has 0 aliphatic carbocycles. The number of allylic oxidation sites excluding steroid dienone is 8. The Morgan fingerprint density at radius 1 is 0.903 bits per heavy atom. The van der Waals surface area contributed by atoms with Crippen molar-refractivity contribution in [2.75, 3.05) is 6.61 Å². The highest BCUT2D eigenvalue weighted by atomic mass is 16.5. The topological polar surface area (TPSA) is 66.8 Å². The lowest BCUT2D eigenvalue weighted by molar-refractivity contribution is 0.0681. The number of carboxylic acid groups (broad SMARTS) is 1. The summed E-state index contributed by atoms with van der Waals surface area (Å²) < 4.78 is 5.46. The van der Waals surface area contributed by atoms with Gasteiger partial charge in [0.1, 0.15) is 17.9 Å². The third-order valence-corrected chi connectivity index (χ3v) is 4.67. The Hall–Kier alpha value is -2.59. The van der Waals surface area contributed by atoms with E-state index in [1.165, 1.54) is 31.7 Å². The van der Waals surface area contributed by atoms with Crippen molar-refractivity contribution in [3.63, 3.8) is 0 Å². The number of hydrogen-bond donors (Lipinski definition) is 2. The molecule has 0 aliphatic rings. The van der Waals surface area contributed by atoms with Crippen molar-refractivity contribution in [2.45, 2.75) is 70.8 Å². The molecule has 0 fully saturated rings. The van der Waals surface area contributed by atoms with Crippen LogP contribution in [-0.4, -0.2) is 28.9 Å². The largest absolute Gasteiger partial charge is 0.490 e. The third-order valence-electron chi connectivity index (χ3n) is 4.67. The molecule has 0 saturated carbocycles. The van der Waals surface area contributed by atoms with Crippen molar-refractivity contribution >= 4 is 5.97 Å². The predicted octanol–water partition coefficient (Wildman–Crippen LogP) is 6.88. The van der Waals surface area contributed by atoms with Gasteiger partial charge < -0.3 is 14.9 Å². The fourth-order valence-electron chi connectivity index (χ4n) is 2.89. The molecule has 0 saturated heterocycles. The van der Waals surface area contributed by atoms with Gasteiger partial charge in [-0.2, -0.15) is 0 Å². The first-order valence-corrected chi connectivity index (χ1v) is 11.4. The lowest BCUT2D eigenvalue weighted by Crippen LogP contribution is -2.18. The fourth-order valence-corrected chi connectivity index (χ4v) is 2.89. The molecule has 0 amide bonds. The number of aromatic carboxylic acids is 1. The van der Waals surface area contributed by atoms with Gasteiger partial charge in [-0.25, -0.2) is 4.79 Å². The van der Waals surface area contributed by atoms with E-state index in [0.29, 0.717) is 6.42 Å². The van der Waals surface area contributed by atoms with E-state index in [2.05, 4.69) is 55.5 Å². The second-order valence-corrected chi connectivity index (χ2v) is 7.43. The van der Waals surface area contributed by atoms with Crippen molar-refractivity contribution in [3.05, 3.63) is 78.4 Å². The lowest BCUT2D eigenvalue weighted by Gasteiger charge is -2.12. The van der Waals surface area contributed by atoms with Gasteiger partial charge in [0.05, 0.1) is 6.10 Å². The van der Waals surface area contributed by atoms with Crippen LogP contribution in [0.5, 0.6) is 5.75 Å². The highest BCUT2D eigenvalue weighted by molar-refractivity contribution is 5.90. The van der Waals surface area contributed by atoms with E-state index in [-0.39, 0.29) is 17.9 Å². The number of benzene rings is 1. The molecule has 31 heavy (non-hydrogen) atoms. The number of ether oxygens (including phenoxy) is 1. The Labute approximate surface area is 187 Å². The smallest absolute Gasteiger partial charge is 0.339 e. The van der Waals surface area contributed by atoms with E-state index in [4.69, 9.17) is 9.84 Å². The van der Waals surface area contributed by atoms with E-state index >= 15 is 0 Å². The monoisotopic (exact) mass is 426 g/mol. The van der Waals surface area contributed by atoms with E-state index < -0.39 is 12.1 Å². The number of carbonyl (C=O) groups is 1. The summed E-state index contributed by atoms with van der Waals surface area (Å²) in [6.07, 6.45) is 26.0. The Morgan fingerprint density at radius 3 is 2.10 bits per heavy atom. The third kappa shape index (κ3) is 14.1. The minimum atomic E-state index is -1.04. The molecule has 0 radical (unpaired) electrons. The summed E-state index contributed by atoms with van der Waals surface area (Å²) in [6, 6.07) is 6.45. The average Bonchev–Trinajstić information content (AvgIpc) is 2.77. The quantitative estimate of drug-likeness (QED) is 0.210. The molecule has 1 aromatic carbocycles. The summed E-state index contributed by atoms with van der Waals surface area (Å²) >= 11 is 0. The van der Waals surface area contributed by atoms with Crippen LogP contribution in [0.25, 0.3) is 0 Å². The number of hydrogen-bond acceptors (Lipinski definition) is 3. The van der Waals surface area contributed by atoms with Crippen LogP contribution < -0.4 is 4.74 Å². The molecule has 0 aromatic heterocycles. The molecule has 4 nitrogen and oxygen atoms in total. The van der Waals surface area contributed by atoms with Crippen molar-refractivity contribution in [1.29, 1.82) is 0 Å². The first-order valence-electron chi connectivity index (χ1n) is 11.4. The van der Waals surface area contributed by atoms with Crippen LogP contribution in [0.3, 0.4) is 0 Å². The normalized spacial score (nSPS) is 13.1. The number of aliphatic hydroxyl groups is 1. The molecule has 170 valence electrons. The zero-order chi connectivity index (χ0) is 22.6. The summed E-state index contributed by atoms with van der Waals surface area (Å²) in [7, 11) is 0. The predicted molar refractivity (Wildman–Crippen MR) is 129 cm³/mol. The highest BCUT2D eigenvalue weighted by Gasteiger charge is 2.11. The van der Waals surface area contributed by atoms with Gasteiger partial charge in [-0.1, -0.05) is 80.5 Å². The van der Waals surface area contributed by atoms with Crippen LogP contribution in [0.2, 0.25) is 0 Å². The number of carboxylic acids is 1. The lowest BCUT2D eigenvalue weighted by atomic mass is 10.2. The maximum atomic E-state index is 11.1. The summed E-state index contributed by atoms with van der Waals surface area (Å²) in [5.74, 6) is -0.752. The second-order valence-electron chi connectivity index (χ2n) is 7.43. The zero-order valence-corrected chi connectivity index (χ0v) is 18.8. The fraction of sp³-hybridized carbons (Fsp3) is 0.444. The number of rotatable bonds is 17. The van der Waals surface area contributed by atoms with Crippen LogP contribution in [0.1, 0.15) is 75.1 Å². The molecule has 1 atom stereocenters. The first-order chi connectivity index (χ1) is 15.1. The molecule has 0 spiro atoms. The summed E-state index contributed by atoms with van der Waals surface area (Å²) in [6.45, 7) is 2.31. The molecule has 0 bridgehead atoms. The summed E-state index contributed by atoms with van der Waals surface area (Å²) in [4.78, 5) is 11.1. The minimum absolute atomic E-state index is 0.0816. The molecule has 1 unspecified atom stereocenters. The molecule has 4 heteroatoms.